The van der Waals surface area contributed by atoms with Crippen LogP contribution in [0, 0.1) is 12.8 Å². The monoisotopic (exact) mass is 606 g/mol. The van der Waals surface area contributed by atoms with E-state index in [1.54, 1.807) is 30.6 Å². The molecule has 0 aliphatic carbocycles. The molecule has 42 heavy (non-hydrogen) atoms. The maximum atomic E-state index is 13.7. The van der Waals surface area contributed by atoms with Gasteiger partial charge in [0.15, 0.2) is 0 Å². The molecule has 0 radical (unpaired) electrons. The predicted molar refractivity (Wildman–Crippen MR) is 158 cm³/mol. The van der Waals surface area contributed by atoms with Gasteiger partial charge in [0.1, 0.15) is 6.04 Å². The van der Waals surface area contributed by atoms with Gasteiger partial charge in [-0.15, -0.1) is 0 Å². The molecule has 2 heterocycles. The maximum absolute atomic E-state index is 13.7. The standard InChI is InChI=1S/C31H38ClF3N4O3/c1-20(2)16-27(39-14-10-22(11-15-39)9-13-38(4)19-31(33,34)35)30(42)37-25(18-28(40)41)23-8-12-36-26(17-23)29-21(3)6-5-7-24(29)32/h5-8,10-12,14,17,20,25,27H,9,13,15-16,18-19H2,1-4H3,(H,37,42)(H,40,41)/t25-,27-/m0/s1. The van der Waals surface area contributed by atoms with Crippen molar-refractivity contribution >= 4 is 23.5 Å². The van der Waals surface area contributed by atoms with Gasteiger partial charge >= 0.3 is 12.1 Å². The van der Waals surface area contributed by atoms with Crippen LogP contribution in [0.25, 0.3) is 11.3 Å². The molecule has 0 saturated heterocycles. The zero-order valence-electron chi connectivity index (χ0n) is 24.3. The first-order valence-electron chi connectivity index (χ1n) is 13.9. The molecule has 1 aromatic carbocycles. The Bertz CT molecular complexity index is 1290. The Labute approximate surface area is 250 Å². The third-order valence-electron chi connectivity index (χ3n) is 7.03. The van der Waals surface area contributed by atoms with Crippen molar-refractivity contribution in [2.45, 2.75) is 58.3 Å². The van der Waals surface area contributed by atoms with Crippen LogP contribution in [0.2, 0.25) is 5.02 Å². The largest absolute Gasteiger partial charge is 0.481 e. The molecule has 0 saturated carbocycles. The predicted octanol–water partition coefficient (Wildman–Crippen LogP) is 6.40. The Morgan fingerprint density at radius 3 is 2.57 bits per heavy atom. The number of rotatable bonds is 13. The van der Waals surface area contributed by atoms with Crippen molar-refractivity contribution in [3.05, 3.63) is 76.6 Å². The van der Waals surface area contributed by atoms with E-state index >= 15 is 0 Å². The summed E-state index contributed by atoms with van der Waals surface area (Å²) in [5, 5.41) is 13.1. The molecule has 0 bridgehead atoms. The topological polar surface area (TPSA) is 85.8 Å². The highest BCUT2D eigenvalue weighted by atomic mass is 35.5. The summed E-state index contributed by atoms with van der Waals surface area (Å²) in [4.78, 5) is 33.1. The van der Waals surface area contributed by atoms with Crippen molar-refractivity contribution in [2.24, 2.45) is 5.92 Å². The zero-order chi connectivity index (χ0) is 31.0. The van der Waals surface area contributed by atoms with Crippen molar-refractivity contribution in [2.75, 3.05) is 26.7 Å². The van der Waals surface area contributed by atoms with Gasteiger partial charge in [-0.1, -0.05) is 43.7 Å². The fourth-order valence-corrected chi connectivity index (χ4v) is 5.27. The number of hydrogen-bond acceptors (Lipinski definition) is 5. The van der Waals surface area contributed by atoms with Gasteiger partial charge in [-0.3, -0.25) is 19.5 Å². The lowest BCUT2D eigenvalue weighted by molar-refractivity contribution is -0.143. The number of nitrogens with one attached hydrogen (secondary N) is 1. The molecule has 2 N–H and O–H groups in total. The van der Waals surface area contributed by atoms with E-state index in [0.717, 1.165) is 16.7 Å². The molecule has 0 fully saturated rings. The first-order chi connectivity index (χ1) is 19.7. The SMILES string of the molecule is Cc1cccc(Cl)c1-c1cc([C@H](CC(=O)O)NC(=O)[C@H](CC(C)C)N2C=CC(CCN(C)CC(F)(F)F)=CC2)ccn1. The average molecular weight is 607 g/mol. The normalized spacial score (nSPS) is 15.1. The molecule has 2 aromatic rings. The highest BCUT2D eigenvalue weighted by Crippen LogP contribution is 2.31. The van der Waals surface area contributed by atoms with Gasteiger partial charge in [-0.05, 0) is 73.7 Å². The maximum Gasteiger partial charge on any atom is 0.401 e. The quantitative estimate of drug-likeness (QED) is 0.275. The first-order valence-corrected chi connectivity index (χ1v) is 14.2. The minimum atomic E-state index is -4.25. The third kappa shape index (κ3) is 9.87. The number of halogens is 4. The van der Waals surface area contributed by atoms with E-state index in [-0.39, 0.29) is 24.8 Å². The van der Waals surface area contributed by atoms with E-state index in [2.05, 4.69) is 10.3 Å². The Morgan fingerprint density at radius 1 is 1.24 bits per heavy atom. The van der Waals surface area contributed by atoms with Gasteiger partial charge in [0.2, 0.25) is 5.91 Å². The molecule has 1 aromatic heterocycles. The van der Waals surface area contributed by atoms with Gasteiger partial charge in [-0.25, -0.2) is 0 Å². The number of carbonyl (C=O) groups is 2. The smallest absolute Gasteiger partial charge is 0.401 e. The van der Waals surface area contributed by atoms with Crippen LogP contribution < -0.4 is 5.32 Å². The van der Waals surface area contributed by atoms with Gasteiger partial charge in [0.25, 0.3) is 0 Å². The molecule has 1 aliphatic rings. The summed E-state index contributed by atoms with van der Waals surface area (Å²) in [6.07, 6.45) is 3.51. The number of benzene rings is 1. The number of nitrogens with zero attached hydrogens (tertiary/aromatic N) is 3. The van der Waals surface area contributed by atoms with E-state index in [0.29, 0.717) is 35.7 Å². The van der Waals surface area contributed by atoms with Crippen LogP contribution in [0.3, 0.4) is 0 Å². The minimum Gasteiger partial charge on any atom is -0.481 e. The zero-order valence-corrected chi connectivity index (χ0v) is 25.0. The van der Waals surface area contributed by atoms with E-state index < -0.39 is 30.8 Å². The lowest BCUT2D eigenvalue weighted by atomic mass is 9.97. The summed E-state index contributed by atoms with van der Waals surface area (Å²) in [5.41, 5.74) is 3.73. The molecule has 11 heteroatoms. The Balaban J connectivity index is 1.76. The molecular formula is C31H38ClF3N4O3. The summed E-state index contributed by atoms with van der Waals surface area (Å²) in [6.45, 7) is 5.61. The molecule has 228 valence electrons. The molecule has 3 rings (SSSR count). The number of amides is 1. The van der Waals surface area contributed by atoms with E-state index in [4.69, 9.17) is 11.6 Å². The molecular weight excluding hydrogens is 569 g/mol. The number of carboxylic acids is 1. The highest BCUT2D eigenvalue weighted by Gasteiger charge is 2.30. The number of carbonyl (C=O) groups excluding carboxylic acids is 1. The van der Waals surface area contributed by atoms with E-state index in [1.165, 1.54) is 11.9 Å². The molecule has 7 nitrogen and oxygen atoms in total. The van der Waals surface area contributed by atoms with Gasteiger partial charge in [-0.2, -0.15) is 13.2 Å². The van der Waals surface area contributed by atoms with Gasteiger partial charge in [0, 0.05) is 31.0 Å². The van der Waals surface area contributed by atoms with Crippen molar-refractivity contribution < 1.29 is 27.9 Å². The summed E-state index contributed by atoms with van der Waals surface area (Å²) in [6, 6.07) is 7.58. The molecule has 0 unspecified atom stereocenters. The second-order valence-corrected chi connectivity index (χ2v) is 11.5. The lowest BCUT2D eigenvalue weighted by Gasteiger charge is -2.33. The lowest BCUT2D eigenvalue weighted by Crippen LogP contribution is -2.47. The fraction of sp³-hybridized carbons (Fsp3) is 0.452. The van der Waals surface area contributed by atoms with Crippen LogP contribution in [0.4, 0.5) is 13.2 Å². The summed E-state index contributed by atoms with van der Waals surface area (Å²) >= 11 is 6.44. The van der Waals surface area contributed by atoms with Crippen LogP contribution >= 0.6 is 11.6 Å². The van der Waals surface area contributed by atoms with Crippen LogP contribution in [0.15, 0.2) is 60.5 Å². The number of carboxylic acid groups (broad SMARTS) is 1. The van der Waals surface area contributed by atoms with Crippen molar-refractivity contribution in [1.82, 2.24) is 20.1 Å². The van der Waals surface area contributed by atoms with Crippen LogP contribution in [-0.2, 0) is 9.59 Å². The Hall–Kier alpha value is -3.37. The summed E-state index contributed by atoms with van der Waals surface area (Å²) < 4.78 is 37.9. The average Bonchev–Trinajstić information content (AvgIpc) is 2.89. The van der Waals surface area contributed by atoms with Crippen LogP contribution in [-0.4, -0.2) is 70.7 Å². The van der Waals surface area contributed by atoms with Crippen molar-refractivity contribution in [1.29, 1.82) is 0 Å². The number of allylic oxidation sites excluding steroid dienone is 1. The van der Waals surface area contributed by atoms with Gasteiger partial charge in [0.05, 0.1) is 29.7 Å². The highest BCUT2D eigenvalue weighted by molar-refractivity contribution is 6.33. The Morgan fingerprint density at radius 2 is 1.98 bits per heavy atom. The first kappa shape index (κ1) is 33.1. The Kier molecular flexibility index (Phi) is 11.6. The number of hydrogen-bond donors (Lipinski definition) is 2. The number of aromatic nitrogens is 1. The summed E-state index contributed by atoms with van der Waals surface area (Å²) in [7, 11) is 1.44. The van der Waals surface area contributed by atoms with E-state index in [1.807, 2.05) is 50.0 Å². The fourth-order valence-electron chi connectivity index (χ4n) is 4.96. The number of aryl methyl sites for hydroxylation is 1. The van der Waals surface area contributed by atoms with Crippen molar-refractivity contribution in [3.63, 3.8) is 0 Å². The number of aliphatic carboxylic acids is 1. The third-order valence-corrected chi connectivity index (χ3v) is 7.35. The van der Waals surface area contributed by atoms with E-state index in [9.17, 15) is 27.9 Å². The van der Waals surface area contributed by atoms with Gasteiger partial charge < -0.3 is 15.3 Å². The van der Waals surface area contributed by atoms with Crippen LogP contribution in [0.5, 0.6) is 0 Å². The second-order valence-electron chi connectivity index (χ2n) is 11.1. The minimum absolute atomic E-state index is 0.171. The molecule has 2 atom stereocenters. The number of alkyl halides is 3. The number of pyridine rings is 1. The molecule has 1 aliphatic heterocycles. The second kappa shape index (κ2) is 14.7. The van der Waals surface area contributed by atoms with Crippen LogP contribution in [0.1, 0.15) is 50.3 Å². The summed E-state index contributed by atoms with van der Waals surface area (Å²) in [5.74, 6) is -1.20. The van der Waals surface area contributed by atoms with Crippen molar-refractivity contribution in [3.8, 4) is 11.3 Å². The molecule has 1 amide bonds. The molecule has 0 spiro atoms.